The van der Waals surface area contributed by atoms with Gasteiger partial charge >= 0.3 is 5.76 Å². The Hall–Kier alpha value is -1.41. The van der Waals surface area contributed by atoms with Crippen LogP contribution >= 0.6 is 0 Å². The number of ether oxygens (including phenoxy) is 1. The molecule has 0 radical (unpaired) electrons. The highest BCUT2D eigenvalue weighted by Crippen LogP contribution is 2.23. The van der Waals surface area contributed by atoms with E-state index in [4.69, 9.17) is 14.9 Å². The minimum Gasteiger partial charge on any atom is -0.407 e. The fraction of sp³-hybridized carbons (Fsp3) is 0.632. The van der Waals surface area contributed by atoms with E-state index < -0.39 is 8.07 Å². The SMILES string of the molecule is Cc1c(C[C@@H](CN)N(C)C)ccc2c1oc(=O)n2COCC[Si](C)(C)C. The average Bonchev–Trinajstić information content (AvgIpc) is 2.86. The van der Waals surface area contributed by atoms with Crippen LogP contribution in [0.3, 0.4) is 0 Å². The van der Waals surface area contributed by atoms with E-state index in [-0.39, 0.29) is 18.5 Å². The number of oxazole rings is 1. The summed E-state index contributed by atoms with van der Waals surface area (Å²) in [7, 11) is 2.91. The third kappa shape index (κ3) is 5.06. The summed E-state index contributed by atoms with van der Waals surface area (Å²) in [6, 6.07) is 5.35. The van der Waals surface area contributed by atoms with Crippen LogP contribution in [0.4, 0.5) is 0 Å². The number of nitrogens with two attached hydrogens (primary N) is 1. The summed E-state index contributed by atoms with van der Waals surface area (Å²) in [4.78, 5) is 14.4. The van der Waals surface area contributed by atoms with Crippen LogP contribution in [0.5, 0.6) is 0 Å². The fourth-order valence-electron chi connectivity index (χ4n) is 2.91. The predicted octanol–water partition coefficient (Wildman–Crippen LogP) is 2.65. The molecule has 0 spiro atoms. The summed E-state index contributed by atoms with van der Waals surface area (Å²) < 4.78 is 12.8. The highest BCUT2D eigenvalue weighted by molar-refractivity contribution is 6.76. The van der Waals surface area contributed by atoms with Crippen molar-refractivity contribution in [2.75, 3.05) is 27.2 Å². The Morgan fingerprint density at radius 1 is 1.31 bits per heavy atom. The van der Waals surface area contributed by atoms with Gasteiger partial charge in [-0.1, -0.05) is 25.7 Å². The molecule has 0 aliphatic rings. The average molecular weight is 380 g/mol. The van der Waals surface area contributed by atoms with Crippen molar-refractivity contribution in [2.45, 2.75) is 51.8 Å². The molecule has 0 aliphatic carbocycles. The second-order valence-corrected chi connectivity index (χ2v) is 14.0. The predicted molar refractivity (Wildman–Crippen MR) is 110 cm³/mol. The Balaban J connectivity index is 2.21. The van der Waals surface area contributed by atoms with Crippen LogP contribution < -0.4 is 11.5 Å². The van der Waals surface area contributed by atoms with Crippen LogP contribution in [-0.4, -0.2) is 50.8 Å². The summed E-state index contributed by atoms with van der Waals surface area (Å²) in [5.74, 6) is -0.365. The molecular formula is C19H33N3O3Si. The first-order chi connectivity index (χ1) is 12.1. The van der Waals surface area contributed by atoms with Gasteiger partial charge < -0.3 is 19.8 Å². The largest absolute Gasteiger partial charge is 0.421 e. The lowest BCUT2D eigenvalue weighted by Gasteiger charge is -2.23. The maximum Gasteiger partial charge on any atom is 0.421 e. The van der Waals surface area contributed by atoms with Crippen molar-refractivity contribution in [3.63, 3.8) is 0 Å². The van der Waals surface area contributed by atoms with E-state index in [1.165, 1.54) is 0 Å². The van der Waals surface area contributed by atoms with Crippen LogP contribution in [0.25, 0.3) is 11.1 Å². The first-order valence-electron chi connectivity index (χ1n) is 9.20. The lowest BCUT2D eigenvalue weighted by Crippen LogP contribution is -2.37. The summed E-state index contributed by atoms with van der Waals surface area (Å²) in [6.45, 7) is 10.4. The Bertz CT molecular complexity index is 790. The molecule has 0 unspecified atom stereocenters. The Morgan fingerprint density at radius 2 is 2.00 bits per heavy atom. The van der Waals surface area contributed by atoms with E-state index in [2.05, 4.69) is 30.6 Å². The molecule has 0 saturated carbocycles. The third-order valence-electron chi connectivity index (χ3n) is 4.87. The zero-order valence-corrected chi connectivity index (χ0v) is 18.0. The minimum absolute atomic E-state index is 0.234. The first kappa shape index (κ1) is 20.9. The molecular weight excluding hydrogens is 346 g/mol. The topological polar surface area (TPSA) is 73.6 Å². The zero-order chi connectivity index (χ0) is 19.5. The summed E-state index contributed by atoms with van der Waals surface area (Å²) in [6.07, 6.45) is 0.826. The van der Waals surface area contributed by atoms with E-state index >= 15 is 0 Å². The molecule has 2 rings (SSSR count). The van der Waals surface area contributed by atoms with Gasteiger partial charge in [-0.3, -0.25) is 0 Å². The molecule has 0 bridgehead atoms. The molecule has 26 heavy (non-hydrogen) atoms. The van der Waals surface area contributed by atoms with Crippen molar-refractivity contribution in [2.24, 2.45) is 5.73 Å². The number of nitrogens with zero attached hydrogens (tertiary/aromatic N) is 2. The molecule has 1 atom stereocenters. The number of fused-ring (bicyclic) bond motifs is 1. The molecule has 146 valence electrons. The van der Waals surface area contributed by atoms with Crippen molar-refractivity contribution in [1.29, 1.82) is 0 Å². The van der Waals surface area contributed by atoms with E-state index in [0.717, 1.165) is 29.1 Å². The smallest absolute Gasteiger partial charge is 0.407 e. The second kappa shape index (κ2) is 8.52. The number of hydrogen-bond donors (Lipinski definition) is 1. The van der Waals surface area contributed by atoms with Gasteiger partial charge in [0.05, 0.1) is 5.52 Å². The first-order valence-corrected chi connectivity index (χ1v) is 12.9. The van der Waals surface area contributed by atoms with Gasteiger partial charge in [-0.15, -0.1) is 0 Å². The van der Waals surface area contributed by atoms with E-state index in [1.807, 2.05) is 27.1 Å². The summed E-state index contributed by atoms with van der Waals surface area (Å²) in [5.41, 5.74) is 9.47. The minimum atomic E-state index is -1.14. The molecule has 1 aromatic heterocycles. The van der Waals surface area contributed by atoms with Crippen LogP contribution in [0.2, 0.25) is 25.7 Å². The number of benzene rings is 1. The lowest BCUT2D eigenvalue weighted by molar-refractivity contribution is 0.0850. The zero-order valence-electron chi connectivity index (χ0n) is 17.0. The maximum atomic E-state index is 12.3. The standard InChI is InChI=1S/C19H33N3O3Si/c1-14-15(11-16(12-20)21(2)3)7-8-17-18(14)25-19(23)22(17)13-24-9-10-26(4,5)6/h7-8,16H,9-13,20H2,1-6H3/t16-/m0/s1. The van der Waals surface area contributed by atoms with E-state index in [0.29, 0.717) is 18.7 Å². The second-order valence-electron chi connectivity index (χ2n) is 8.40. The van der Waals surface area contributed by atoms with Gasteiger partial charge in [0.15, 0.2) is 5.58 Å². The monoisotopic (exact) mass is 379 g/mol. The van der Waals surface area contributed by atoms with Crippen LogP contribution in [0.15, 0.2) is 21.3 Å². The lowest BCUT2D eigenvalue weighted by atomic mass is 9.99. The van der Waals surface area contributed by atoms with Gasteiger partial charge in [0.2, 0.25) is 0 Å². The Labute approximate surface area is 156 Å². The highest BCUT2D eigenvalue weighted by atomic mass is 28.3. The quantitative estimate of drug-likeness (QED) is 0.535. The maximum absolute atomic E-state index is 12.3. The molecule has 2 aromatic rings. The molecule has 6 nitrogen and oxygen atoms in total. The van der Waals surface area contributed by atoms with Crippen molar-refractivity contribution in [3.05, 3.63) is 33.8 Å². The Morgan fingerprint density at radius 3 is 2.58 bits per heavy atom. The van der Waals surface area contributed by atoms with Gasteiger partial charge in [0.25, 0.3) is 0 Å². The van der Waals surface area contributed by atoms with Gasteiger partial charge in [-0.05, 0) is 50.7 Å². The van der Waals surface area contributed by atoms with Crippen molar-refractivity contribution < 1.29 is 9.15 Å². The van der Waals surface area contributed by atoms with Crippen molar-refractivity contribution in [1.82, 2.24) is 9.47 Å². The van der Waals surface area contributed by atoms with Crippen LogP contribution in [-0.2, 0) is 17.9 Å². The summed E-state index contributed by atoms with van der Waals surface area (Å²) >= 11 is 0. The van der Waals surface area contributed by atoms with E-state index in [1.54, 1.807) is 4.57 Å². The molecule has 0 saturated heterocycles. The Kier molecular flexibility index (Phi) is 6.84. The van der Waals surface area contributed by atoms with Gasteiger partial charge in [0, 0.05) is 27.3 Å². The normalized spacial score (nSPS) is 13.7. The molecule has 0 fully saturated rings. The van der Waals surface area contributed by atoms with Gasteiger partial charge in [-0.2, -0.15) is 0 Å². The highest BCUT2D eigenvalue weighted by Gasteiger charge is 2.18. The molecule has 0 aliphatic heterocycles. The molecule has 7 heteroatoms. The van der Waals surface area contributed by atoms with Crippen molar-refractivity contribution >= 4 is 19.2 Å². The number of hydrogen-bond acceptors (Lipinski definition) is 5. The fourth-order valence-corrected chi connectivity index (χ4v) is 3.67. The van der Waals surface area contributed by atoms with Crippen molar-refractivity contribution in [3.8, 4) is 0 Å². The number of aromatic nitrogens is 1. The van der Waals surface area contributed by atoms with E-state index in [9.17, 15) is 4.79 Å². The summed E-state index contributed by atoms with van der Waals surface area (Å²) in [5, 5.41) is 0. The van der Waals surface area contributed by atoms with Gasteiger partial charge in [-0.25, -0.2) is 9.36 Å². The number of rotatable bonds is 9. The van der Waals surface area contributed by atoms with Crippen LogP contribution in [0.1, 0.15) is 11.1 Å². The molecule has 1 aromatic carbocycles. The van der Waals surface area contributed by atoms with Crippen LogP contribution in [0, 0.1) is 6.92 Å². The third-order valence-corrected chi connectivity index (χ3v) is 6.58. The molecule has 1 heterocycles. The van der Waals surface area contributed by atoms with Gasteiger partial charge in [0.1, 0.15) is 6.73 Å². The number of aryl methyl sites for hydroxylation is 1. The molecule has 0 amide bonds. The number of likely N-dealkylation sites (N-methyl/N-ethyl adjacent to an activating group) is 1. The molecule has 2 N–H and O–H groups in total.